The van der Waals surface area contributed by atoms with Crippen molar-refractivity contribution >= 4 is 29.1 Å². The predicted molar refractivity (Wildman–Crippen MR) is 111 cm³/mol. The second kappa shape index (κ2) is 8.07. The molecule has 3 atom stereocenters. The molecule has 1 aromatic heterocycles. The minimum atomic E-state index is -0.0293. The van der Waals surface area contributed by atoms with Crippen molar-refractivity contribution in [2.75, 3.05) is 26.2 Å². The van der Waals surface area contributed by atoms with Crippen molar-refractivity contribution in [1.82, 2.24) is 14.4 Å². The van der Waals surface area contributed by atoms with Crippen molar-refractivity contribution in [2.45, 2.75) is 38.6 Å². The number of carbonyl (C=O) groups is 1. The predicted octanol–water partition coefficient (Wildman–Crippen LogP) is 3.84. The number of halogens is 2. The van der Waals surface area contributed by atoms with Gasteiger partial charge < -0.3 is 14.2 Å². The van der Waals surface area contributed by atoms with Gasteiger partial charge in [-0.1, -0.05) is 29.3 Å². The van der Waals surface area contributed by atoms with Crippen molar-refractivity contribution in [1.29, 1.82) is 0 Å². The molecule has 1 amide bonds. The molecular weight excluding hydrogens is 397 g/mol. The average Bonchev–Trinajstić information content (AvgIpc) is 3.12. The molecule has 28 heavy (non-hydrogen) atoms. The van der Waals surface area contributed by atoms with Gasteiger partial charge in [0.2, 0.25) is 5.91 Å². The van der Waals surface area contributed by atoms with Gasteiger partial charge >= 0.3 is 0 Å². The Labute approximate surface area is 175 Å². The minimum Gasteiger partial charge on any atom is -0.372 e. The number of ether oxygens (including phenoxy) is 1. The Balaban J connectivity index is 1.60. The minimum absolute atomic E-state index is 0.0293. The standard InChI is InChI=1S/C21H25Cl2N3O2/c1-14-11-26(12-15(2)28-14)20(27)13-25-9-8-24-7-3-4-19(24)21(25)16-5-6-17(22)18(23)10-16/h3-7,10,14-15,21H,8-9,11-13H2,1-2H3. The van der Waals surface area contributed by atoms with Crippen LogP contribution in [0.25, 0.3) is 0 Å². The Kier molecular flexibility index (Phi) is 5.70. The first-order valence-corrected chi connectivity index (χ1v) is 10.4. The molecule has 4 rings (SSSR count). The topological polar surface area (TPSA) is 37.7 Å². The van der Waals surface area contributed by atoms with Crippen LogP contribution in [0.3, 0.4) is 0 Å². The number of aromatic nitrogens is 1. The van der Waals surface area contributed by atoms with E-state index in [-0.39, 0.29) is 24.2 Å². The fraction of sp³-hybridized carbons (Fsp3) is 0.476. The molecule has 2 aliphatic heterocycles. The molecule has 5 nitrogen and oxygen atoms in total. The van der Waals surface area contributed by atoms with E-state index in [4.69, 9.17) is 27.9 Å². The number of nitrogens with zero attached hydrogens (tertiary/aromatic N) is 3. The van der Waals surface area contributed by atoms with Crippen LogP contribution in [0.15, 0.2) is 36.5 Å². The molecule has 0 radical (unpaired) electrons. The third kappa shape index (κ3) is 3.94. The van der Waals surface area contributed by atoms with Crippen molar-refractivity contribution in [3.8, 4) is 0 Å². The molecule has 3 heterocycles. The van der Waals surface area contributed by atoms with Crippen molar-refractivity contribution in [3.63, 3.8) is 0 Å². The maximum absolute atomic E-state index is 13.1. The molecule has 0 spiro atoms. The van der Waals surface area contributed by atoms with Gasteiger partial charge in [-0.2, -0.15) is 0 Å². The monoisotopic (exact) mass is 421 g/mol. The summed E-state index contributed by atoms with van der Waals surface area (Å²) in [6.45, 7) is 7.35. The Bertz CT molecular complexity index is 859. The second-order valence-electron chi connectivity index (χ2n) is 7.73. The summed E-state index contributed by atoms with van der Waals surface area (Å²) in [6, 6.07) is 9.87. The number of carbonyl (C=O) groups excluding carboxylic acids is 1. The van der Waals surface area contributed by atoms with E-state index in [1.807, 2.05) is 36.9 Å². The van der Waals surface area contributed by atoms with E-state index in [1.54, 1.807) is 0 Å². The summed E-state index contributed by atoms with van der Waals surface area (Å²) >= 11 is 12.4. The largest absolute Gasteiger partial charge is 0.372 e. The molecule has 3 unspecified atom stereocenters. The van der Waals surface area contributed by atoms with Crippen LogP contribution in [-0.4, -0.2) is 58.7 Å². The van der Waals surface area contributed by atoms with E-state index in [0.29, 0.717) is 29.7 Å². The van der Waals surface area contributed by atoms with Gasteiger partial charge in [-0.05, 0) is 43.7 Å². The molecule has 0 N–H and O–H groups in total. The number of fused-ring (bicyclic) bond motifs is 1. The average molecular weight is 422 g/mol. The first-order valence-electron chi connectivity index (χ1n) is 9.69. The second-order valence-corrected chi connectivity index (χ2v) is 8.54. The number of benzene rings is 1. The van der Waals surface area contributed by atoms with Crippen LogP contribution in [-0.2, 0) is 16.1 Å². The molecule has 150 valence electrons. The molecule has 1 fully saturated rings. The lowest BCUT2D eigenvalue weighted by atomic mass is 10.00. The first kappa shape index (κ1) is 19.8. The SMILES string of the molecule is CC1CN(C(=O)CN2CCn3cccc3C2c2ccc(Cl)c(Cl)c2)CC(C)O1. The van der Waals surface area contributed by atoms with E-state index in [1.165, 1.54) is 5.69 Å². The third-order valence-electron chi connectivity index (χ3n) is 5.51. The smallest absolute Gasteiger partial charge is 0.236 e. The van der Waals surface area contributed by atoms with Gasteiger partial charge in [0.15, 0.2) is 0 Å². The van der Waals surface area contributed by atoms with E-state index in [9.17, 15) is 4.79 Å². The molecule has 0 bridgehead atoms. The molecule has 1 aromatic carbocycles. The van der Waals surface area contributed by atoms with Gasteiger partial charge in [0, 0.05) is 38.1 Å². The van der Waals surface area contributed by atoms with Gasteiger partial charge in [-0.15, -0.1) is 0 Å². The lowest BCUT2D eigenvalue weighted by molar-refractivity contribution is -0.145. The number of amides is 1. The first-order chi connectivity index (χ1) is 13.4. The van der Waals surface area contributed by atoms with Crippen LogP contribution < -0.4 is 0 Å². The summed E-state index contributed by atoms with van der Waals surface area (Å²) < 4.78 is 8.01. The van der Waals surface area contributed by atoms with Crippen molar-refractivity contribution in [2.24, 2.45) is 0 Å². The van der Waals surface area contributed by atoms with Gasteiger partial charge in [0.05, 0.1) is 34.8 Å². The molecule has 2 aromatic rings. The summed E-state index contributed by atoms with van der Waals surface area (Å²) in [5.74, 6) is 0.145. The summed E-state index contributed by atoms with van der Waals surface area (Å²) in [5, 5.41) is 1.07. The number of hydrogen-bond donors (Lipinski definition) is 0. The van der Waals surface area contributed by atoms with Gasteiger partial charge in [-0.3, -0.25) is 9.69 Å². The van der Waals surface area contributed by atoms with E-state index in [0.717, 1.165) is 18.7 Å². The maximum atomic E-state index is 13.1. The van der Waals surface area contributed by atoms with Gasteiger partial charge in [0.25, 0.3) is 0 Å². The van der Waals surface area contributed by atoms with Crippen molar-refractivity contribution < 1.29 is 9.53 Å². The quantitative estimate of drug-likeness (QED) is 0.755. The fourth-order valence-electron chi connectivity index (χ4n) is 4.32. The van der Waals surface area contributed by atoms with E-state index >= 15 is 0 Å². The van der Waals surface area contributed by atoms with E-state index < -0.39 is 0 Å². The molecule has 2 aliphatic rings. The zero-order valence-corrected chi connectivity index (χ0v) is 17.7. The highest BCUT2D eigenvalue weighted by Crippen LogP contribution is 2.35. The normalized spacial score (nSPS) is 25.6. The lowest BCUT2D eigenvalue weighted by Gasteiger charge is -2.40. The third-order valence-corrected chi connectivity index (χ3v) is 6.25. The number of hydrogen-bond acceptors (Lipinski definition) is 3. The van der Waals surface area contributed by atoms with Crippen LogP contribution >= 0.6 is 23.2 Å². The molecular formula is C21H25Cl2N3O2. The highest BCUT2D eigenvalue weighted by Gasteiger charge is 2.33. The summed E-state index contributed by atoms with van der Waals surface area (Å²) in [4.78, 5) is 17.2. The zero-order valence-electron chi connectivity index (χ0n) is 16.1. The Morgan fingerprint density at radius 2 is 1.86 bits per heavy atom. The molecule has 1 saturated heterocycles. The molecule has 7 heteroatoms. The number of rotatable bonds is 3. The number of morpholine rings is 1. The lowest BCUT2D eigenvalue weighted by Crippen LogP contribution is -2.52. The van der Waals surface area contributed by atoms with Crippen LogP contribution in [0.2, 0.25) is 10.0 Å². The van der Waals surface area contributed by atoms with Gasteiger partial charge in [0.1, 0.15) is 0 Å². The summed E-state index contributed by atoms with van der Waals surface area (Å²) in [7, 11) is 0. The maximum Gasteiger partial charge on any atom is 0.236 e. The Morgan fingerprint density at radius 3 is 2.57 bits per heavy atom. The van der Waals surface area contributed by atoms with Gasteiger partial charge in [-0.25, -0.2) is 0 Å². The van der Waals surface area contributed by atoms with Crippen LogP contribution in [0.1, 0.15) is 31.1 Å². The summed E-state index contributed by atoms with van der Waals surface area (Å²) in [5.41, 5.74) is 2.21. The Morgan fingerprint density at radius 1 is 1.11 bits per heavy atom. The highest BCUT2D eigenvalue weighted by molar-refractivity contribution is 6.42. The van der Waals surface area contributed by atoms with Crippen LogP contribution in [0.4, 0.5) is 0 Å². The summed E-state index contributed by atoms with van der Waals surface area (Å²) in [6.07, 6.45) is 2.22. The van der Waals surface area contributed by atoms with Crippen molar-refractivity contribution in [3.05, 3.63) is 57.8 Å². The van der Waals surface area contributed by atoms with Crippen LogP contribution in [0.5, 0.6) is 0 Å². The highest BCUT2D eigenvalue weighted by atomic mass is 35.5. The van der Waals surface area contributed by atoms with Crippen LogP contribution in [0, 0.1) is 0 Å². The molecule has 0 saturated carbocycles. The Hall–Kier alpha value is -1.53. The zero-order chi connectivity index (χ0) is 19.8. The fourth-order valence-corrected chi connectivity index (χ4v) is 4.63. The van der Waals surface area contributed by atoms with E-state index in [2.05, 4.69) is 27.8 Å². The molecule has 0 aliphatic carbocycles.